The molecule has 0 aliphatic heterocycles. The molecule has 0 atom stereocenters. The van der Waals surface area contributed by atoms with Gasteiger partial charge in [-0.25, -0.2) is 8.42 Å². The summed E-state index contributed by atoms with van der Waals surface area (Å²) < 4.78 is 33.1. The Kier molecular flexibility index (Phi) is 3.80. The van der Waals surface area contributed by atoms with E-state index in [1.54, 1.807) is 30.3 Å². The molecule has 3 rings (SSSR count). The monoisotopic (exact) mass is 315 g/mol. The van der Waals surface area contributed by atoms with E-state index in [9.17, 15) is 8.42 Å². The summed E-state index contributed by atoms with van der Waals surface area (Å²) in [5, 5.41) is 6.26. The minimum Gasteiger partial charge on any atom is -0.456 e. The van der Waals surface area contributed by atoms with Crippen molar-refractivity contribution in [2.75, 3.05) is 4.72 Å². The van der Waals surface area contributed by atoms with Gasteiger partial charge in [0.2, 0.25) is 0 Å². The zero-order valence-corrected chi connectivity index (χ0v) is 12.2. The number of para-hydroxylation sites is 2. The van der Waals surface area contributed by atoms with E-state index in [0.717, 1.165) is 0 Å². The fourth-order valence-electron chi connectivity index (χ4n) is 1.89. The maximum Gasteiger partial charge on any atom is 0.265 e. The average Bonchev–Trinajstić information content (AvgIpc) is 3.01. The summed E-state index contributed by atoms with van der Waals surface area (Å²) in [6.07, 6.45) is 2.84. The second-order valence-electron chi connectivity index (χ2n) is 4.45. The van der Waals surface area contributed by atoms with Crippen molar-refractivity contribution in [2.45, 2.75) is 4.90 Å². The maximum atomic E-state index is 12.5. The molecule has 6 nitrogen and oxygen atoms in total. The lowest BCUT2D eigenvalue weighted by Crippen LogP contribution is -2.13. The Hall–Kier alpha value is -2.80. The number of anilines is 1. The number of nitrogens with zero attached hydrogens (tertiary/aromatic N) is 1. The van der Waals surface area contributed by atoms with E-state index < -0.39 is 10.0 Å². The first-order chi connectivity index (χ1) is 10.6. The molecule has 1 aromatic heterocycles. The highest BCUT2D eigenvalue weighted by molar-refractivity contribution is 7.92. The van der Waals surface area contributed by atoms with Crippen LogP contribution in [0.3, 0.4) is 0 Å². The first-order valence-corrected chi connectivity index (χ1v) is 7.97. The standard InChI is InChI=1S/C15H13N3O3S/c19-22(20,18-12-10-16-17-11-12)15-9-5-4-8-14(15)21-13-6-2-1-3-7-13/h1-11,18H,(H,16,17). The highest BCUT2D eigenvalue weighted by Crippen LogP contribution is 2.29. The zero-order chi connectivity index (χ0) is 15.4. The van der Waals surface area contributed by atoms with Gasteiger partial charge in [-0.05, 0) is 24.3 Å². The van der Waals surface area contributed by atoms with Gasteiger partial charge in [0.25, 0.3) is 10.0 Å². The summed E-state index contributed by atoms with van der Waals surface area (Å²) in [6, 6.07) is 15.5. The molecule has 0 spiro atoms. The van der Waals surface area contributed by atoms with Crippen LogP contribution in [0.2, 0.25) is 0 Å². The molecule has 2 N–H and O–H groups in total. The van der Waals surface area contributed by atoms with Gasteiger partial charge in [0.1, 0.15) is 16.4 Å². The quantitative estimate of drug-likeness (QED) is 0.758. The number of sulfonamides is 1. The van der Waals surface area contributed by atoms with Crippen molar-refractivity contribution in [3.8, 4) is 11.5 Å². The third-order valence-corrected chi connectivity index (χ3v) is 4.28. The molecule has 1 heterocycles. The predicted octanol–water partition coefficient (Wildman–Crippen LogP) is 3.00. The van der Waals surface area contributed by atoms with Crippen molar-refractivity contribution in [1.82, 2.24) is 10.2 Å². The van der Waals surface area contributed by atoms with Gasteiger partial charge in [-0.2, -0.15) is 5.10 Å². The highest BCUT2D eigenvalue weighted by atomic mass is 32.2. The summed E-state index contributed by atoms with van der Waals surface area (Å²) in [5.74, 6) is 0.818. The SMILES string of the molecule is O=S(=O)(Nc1cn[nH]c1)c1ccccc1Oc1ccccc1. The van der Waals surface area contributed by atoms with Gasteiger partial charge in [-0.15, -0.1) is 0 Å². The summed E-state index contributed by atoms with van der Waals surface area (Å²) in [5.41, 5.74) is 0.356. The van der Waals surface area contributed by atoms with Gasteiger partial charge in [0.15, 0.2) is 0 Å². The van der Waals surface area contributed by atoms with Gasteiger partial charge >= 0.3 is 0 Å². The molecular formula is C15H13N3O3S. The maximum absolute atomic E-state index is 12.5. The van der Waals surface area contributed by atoms with E-state index >= 15 is 0 Å². The van der Waals surface area contributed by atoms with Crippen LogP contribution in [0.5, 0.6) is 11.5 Å². The van der Waals surface area contributed by atoms with Crippen molar-refractivity contribution in [1.29, 1.82) is 0 Å². The molecule has 0 bridgehead atoms. The van der Waals surface area contributed by atoms with Crippen LogP contribution in [0, 0.1) is 0 Å². The lowest BCUT2D eigenvalue weighted by Gasteiger charge is -2.12. The minimum absolute atomic E-state index is 0.0556. The number of ether oxygens (including phenoxy) is 1. The number of benzene rings is 2. The van der Waals surface area contributed by atoms with Gasteiger partial charge in [0, 0.05) is 6.20 Å². The number of H-pyrrole nitrogens is 1. The predicted molar refractivity (Wildman–Crippen MR) is 82.4 cm³/mol. The van der Waals surface area contributed by atoms with Crippen molar-refractivity contribution < 1.29 is 13.2 Å². The fraction of sp³-hybridized carbons (Fsp3) is 0. The van der Waals surface area contributed by atoms with E-state index in [1.807, 2.05) is 18.2 Å². The third kappa shape index (κ3) is 3.09. The summed E-state index contributed by atoms with van der Waals surface area (Å²) in [4.78, 5) is 0.0556. The molecule has 3 aromatic rings. The zero-order valence-electron chi connectivity index (χ0n) is 11.4. The van der Waals surface area contributed by atoms with Crippen LogP contribution >= 0.6 is 0 Å². The van der Waals surface area contributed by atoms with Gasteiger partial charge in [0.05, 0.1) is 11.9 Å². The fourth-order valence-corrected chi connectivity index (χ4v) is 3.05. The lowest BCUT2D eigenvalue weighted by atomic mass is 10.3. The number of nitrogens with one attached hydrogen (secondary N) is 2. The lowest BCUT2D eigenvalue weighted by molar-refractivity contribution is 0.468. The average molecular weight is 315 g/mol. The molecule has 0 radical (unpaired) electrons. The number of aromatic amines is 1. The summed E-state index contributed by atoms with van der Waals surface area (Å²) >= 11 is 0. The van der Waals surface area contributed by atoms with Crippen molar-refractivity contribution in [3.63, 3.8) is 0 Å². The van der Waals surface area contributed by atoms with Crippen LogP contribution in [-0.4, -0.2) is 18.6 Å². The van der Waals surface area contributed by atoms with E-state index in [0.29, 0.717) is 11.4 Å². The van der Waals surface area contributed by atoms with E-state index in [2.05, 4.69) is 14.9 Å². The summed E-state index contributed by atoms with van der Waals surface area (Å²) in [6.45, 7) is 0. The summed E-state index contributed by atoms with van der Waals surface area (Å²) in [7, 11) is -3.77. The molecule has 22 heavy (non-hydrogen) atoms. The van der Waals surface area contributed by atoms with Crippen LogP contribution < -0.4 is 9.46 Å². The molecule has 0 aliphatic carbocycles. The molecule has 7 heteroatoms. The molecule has 112 valence electrons. The Balaban J connectivity index is 1.94. The first kappa shape index (κ1) is 14.2. The first-order valence-electron chi connectivity index (χ1n) is 6.49. The van der Waals surface area contributed by atoms with Gasteiger partial charge < -0.3 is 4.74 Å². The number of hydrogen-bond acceptors (Lipinski definition) is 4. The normalized spacial score (nSPS) is 11.1. The molecule has 0 amide bonds. The van der Waals surface area contributed by atoms with E-state index in [1.165, 1.54) is 18.5 Å². The molecule has 0 fully saturated rings. The Morgan fingerprint density at radius 1 is 1.00 bits per heavy atom. The molecule has 0 saturated heterocycles. The molecule has 0 unspecified atom stereocenters. The number of hydrogen-bond donors (Lipinski definition) is 2. The van der Waals surface area contributed by atoms with E-state index in [-0.39, 0.29) is 10.6 Å². The third-order valence-electron chi connectivity index (χ3n) is 2.86. The van der Waals surface area contributed by atoms with Crippen LogP contribution in [0.15, 0.2) is 71.9 Å². The van der Waals surface area contributed by atoms with Crippen LogP contribution in [0.4, 0.5) is 5.69 Å². The Bertz CT molecular complexity index is 847. The van der Waals surface area contributed by atoms with Gasteiger partial charge in [-0.3, -0.25) is 9.82 Å². The van der Waals surface area contributed by atoms with Crippen molar-refractivity contribution >= 4 is 15.7 Å². The highest BCUT2D eigenvalue weighted by Gasteiger charge is 2.20. The van der Waals surface area contributed by atoms with E-state index in [4.69, 9.17) is 4.74 Å². The Labute approximate surface area is 127 Å². The number of aromatic nitrogens is 2. The second kappa shape index (κ2) is 5.90. The topological polar surface area (TPSA) is 84.1 Å². The number of rotatable bonds is 5. The largest absolute Gasteiger partial charge is 0.456 e. The van der Waals surface area contributed by atoms with Crippen molar-refractivity contribution in [3.05, 3.63) is 67.0 Å². The molecule has 0 saturated carbocycles. The van der Waals surface area contributed by atoms with Gasteiger partial charge in [-0.1, -0.05) is 30.3 Å². The molecule has 2 aromatic carbocycles. The Morgan fingerprint density at radius 3 is 2.45 bits per heavy atom. The molecule has 0 aliphatic rings. The smallest absolute Gasteiger partial charge is 0.265 e. The van der Waals surface area contributed by atoms with Crippen molar-refractivity contribution in [2.24, 2.45) is 0 Å². The minimum atomic E-state index is -3.77. The Morgan fingerprint density at radius 2 is 1.73 bits per heavy atom. The van der Waals surface area contributed by atoms with Crippen LogP contribution in [-0.2, 0) is 10.0 Å². The van der Waals surface area contributed by atoms with Crippen LogP contribution in [0.25, 0.3) is 0 Å². The molecular weight excluding hydrogens is 302 g/mol. The van der Waals surface area contributed by atoms with Crippen LogP contribution in [0.1, 0.15) is 0 Å². The second-order valence-corrected chi connectivity index (χ2v) is 6.11.